The molecule has 0 radical (unpaired) electrons. The van der Waals surface area contributed by atoms with Crippen LogP contribution in [0, 0.1) is 25.6 Å². The first kappa shape index (κ1) is 14.6. The van der Waals surface area contributed by atoms with Gasteiger partial charge in [-0.1, -0.05) is 13.8 Å². The summed E-state index contributed by atoms with van der Waals surface area (Å²) in [6.45, 7) is 7.21. The first-order valence-corrected chi connectivity index (χ1v) is 6.06. The van der Waals surface area contributed by atoms with E-state index in [1.807, 2.05) is 13.8 Å². The maximum atomic E-state index is 13.4. The van der Waals surface area contributed by atoms with E-state index < -0.39 is 6.10 Å². The van der Waals surface area contributed by atoms with Crippen LogP contribution < -0.4 is 5.32 Å². The minimum atomic E-state index is -0.573. The van der Waals surface area contributed by atoms with E-state index in [-0.39, 0.29) is 24.2 Å². The van der Waals surface area contributed by atoms with Gasteiger partial charge >= 0.3 is 0 Å². The van der Waals surface area contributed by atoms with Gasteiger partial charge in [0.1, 0.15) is 5.82 Å². The molecule has 0 saturated heterocycles. The third kappa shape index (κ3) is 3.53. The van der Waals surface area contributed by atoms with Crippen molar-refractivity contribution in [1.82, 2.24) is 5.32 Å². The second-order valence-corrected chi connectivity index (χ2v) is 4.95. The average Bonchev–Trinajstić information content (AvgIpc) is 2.31. The summed E-state index contributed by atoms with van der Waals surface area (Å²) >= 11 is 0. The second kappa shape index (κ2) is 5.96. The van der Waals surface area contributed by atoms with Gasteiger partial charge in [-0.2, -0.15) is 0 Å². The van der Waals surface area contributed by atoms with Gasteiger partial charge in [0, 0.05) is 12.1 Å². The number of halogens is 1. The van der Waals surface area contributed by atoms with Gasteiger partial charge in [-0.15, -0.1) is 0 Å². The third-order valence-corrected chi connectivity index (χ3v) is 2.94. The molecule has 4 heteroatoms. The zero-order chi connectivity index (χ0) is 13.9. The predicted octanol–water partition coefficient (Wildman–Crippen LogP) is 2.19. The van der Waals surface area contributed by atoms with Crippen molar-refractivity contribution in [2.24, 2.45) is 5.92 Å². The number of rotatable bonds is 4. The van der Waals surface area contributed by atoms with Crippen LogP contribution in [0.15, 0.2) is 12.1 Å². The Balaban J connectivity index is 2.73. The molecular formula is C14H20FNO2. The fourth-order valence-electron chi connectivity index (χ4n) is 1.61. The number of nitrogens with one attached hydrogen (secondary N) is 1. The van der Waals surface area contributed by atoms with Gasteiger partial charge < -0.3 is 10.4 Å². The Morgan fingerprint density at radius 1 is 1.33 bits per heavy atom. The fourth-order valence-corrected chi connectivity index (χ4v) is 1.61. The average molecular weight is 253 g/mol. The van der Waals surface area contributed by atoms with E-state index in [2.05, 4.69) is 5.32 Å². The largest absolute Gasteiger partial charge is 0.391 e. The molecule has 1 amide bonds. The number of hydrogen-bond acceptors (Lipinski definition) is 2. The van der Waals surface area contributed by atoms with Gasteiger partial charge in [0.2, 0.25) is 0 Å². The molecule has 3 nitrogen and oxygen atoms in total. The lowest BCUT2D eigenvalue weighted by atomic mass is 10.1. The third-order valence-electron chi connectivity index (χ3n) is 2.94. The Morgan fingerprint density at radius 2 is 1.83 bits per heavy atom. The summed E-state index contributed by atoms with van der Waals surface area (Å²) in [5, 5.41) is 12.2. The summed E-state index contributed by atoms with van der Waals surface area (Å²) in [6.07, 6.45) is -0.573. The van der Waals surface area contributed by atoms with Gasteiger partial charge in [0.25, 0.3) is 5.91 Å². The van der Waals surface area contributed by atoms with E-state index in [0.29, 0.717) is 16.7 Å². The van der Waals surface area contributed by atoms with Gasteiger partial charge in [0.05, 0.1) is 6.10 Å². The van der Waals surface area contributed by atoms with Crippen LogP contribution in [0.3, 0.4) is 0 Å². The van der Waals surface area contributed by atoms with E-state index >= 15 is 0 Å². The highest BCUT2D eigenvalue weighted by molar-refractivity contribution is 5.94. The summed E-state index contributed by atoms with van der Waals surface area (Å²) in [7, 11) is 0. The highest BCUT2D eigenvalue weighted by atomic mass is 19.1. The van der Waals surface area contributed by atoms with E-state index in [0.717, 1.165) is 0 Å². The lowest BCUT2D eigenvalue weighted by Gasteiger charge is -2.15. The molecule has 1 unspecified atom stereocenters. The van der Waals surface area contributed by atoms with Gasteiger partial charge in [-0.3, -0.25) is 4.79 Å². The molecule has 18 heavy (non-hydrogen) atoms. The van der Waals surface area contributed by atoms with Crippen molar-refractivity contribution in [3.05, 3.63) is 34.6 Å². The molecule has 0 aliphatic rings. The molecule has 100 valence electrons. The number of aryl methyl sites for hydroxylation is 2. The molecular weight excluding hydrogens is 233 g/mol. The van der Waals surface area contributed by atoms with Gasteiger partial charge in [-0.05, 0) is 43.0 Å². The maximum absolute atomic E-state index is 13.4. The standard InChI is InChI=1S/C14H20FNO2/c1-8(2)12(17)7-16-14(18)11-5-9(3)13(15)10(4)6-11/h5-6,8,12,17H,7H2,1-4H3,(H,16,18). The van der Waals surface area contributed by atoms with Crippen LogP contribution in [0.2, 0.25) is 0 Å². The second-order valence-electron chi connectivity index (χ2n) is 4.95. The summed E-state index contributed by atoms with van der Waals surface area (Å²) in [4.78, 5) is 11.8. The quantitative estimate of drug-likeness (QED) is 0.864. The first-order valence-electron chi connectivity index (χ1n) is 6.06. The summed E-state index contributed by atoms with van der Waals surface area (Å²) in [5.74, 6) is -0.489. The SMILES string of the molecule is Cc1cc(C(=O)NCC(O)C(C)C)cc(C)c1F. The Morgan fingerprint density at radius 3 is 2.28 bits per heavy atom. The van der Waals surface area contributed by atoms with Crippen LogP contribution in [-0.2, 0) is 0 Å². The molecule has 1 aromatic rings. The molecule has 1 rings (SSSR count). The molecule has 0 saturated carbocycles. The lowest BCUT2D eigenvalue weighted by molar-refractivity contribution is 0.0871. The molecule has 0 bridgehead atoms. The molecule has 2 N–H and O–H groups in total. The van der Waals surface area contributed by atoms with Crippen molar-refractivity contribution in [2.45, 2.75) is 33.8 Å². The maximum Gasteiger partial charge on any atom is 0.251 e. The Bertz CT molecular complexity index is 420. The minimum absolute atomic E-state index is 0.0852. The normalized spacial score (nSPS) is 12.6. The number of benzene rings is 1. The number of amides is 1. The van der Waals surface area contributed by atoms with Crippen molar-refractivity contribution in [1.29, 1.82) is 0 Å². The van der Waals surface area contributed by atoms with Crippen molar-refractivity contribution >= 4 is 5.91 Å². The van der Waals surface area contributed by atoms with Gasteiger partial charge in [-0.25, -0.2) is 4.39 Å². The Hall–Kier alpha value is -1.42. The monoisotopic (exact) mass is 253 g/mol. The Labute approximate surface area is 107 Å². The van der Waals surface area contributed by atoms with Crippen LogP contribution in [0.5, 0.6) is 0 Å². The number of hydrogen-bond donors (Lipinski definition) is 2. The molecule has 1 aromatic carbocycles. The number of aliphatic hydroxyl groups excluding tert-OH is 1. The van der Waals surface area contributed by atoms with Crippen LogP contribution >= 0.6 is 0 Å². The predicted molar refractivity (Wildman–Crippen MR) is 69.1 cm³/mol. The highest BCUT2D eigenvalue weighted by Gasteiger charge is 2.13. The van der Waals surface area contributed by atoms with E-state index in [1.165, 1.54) is 12.1 Å². The zero-order valence-corrected chi connectivity index (χ0v) is 11.2. The summed E-state index contributed by atoms with van der Waals surface area (Å²) in [5.41, 5.74) is 1.32. The molecule has 0 fully saturated rings. The van der Waals surface area contributed by atoms with Crippen molar-refractivity contribution in [2.75, 3.05) is 6.54 Å². The summed E-state index contributed by atoms with van der Waals surface area (Å²) in [6, 6.07) is 3.03. The summed E-state index contributed by atoms with van der Waals surface area (Å²) < 4.78 is 13.4. The molecule has 0 aliphatic carbocycles. The minimum Gasteiger partial charge on any atom is -0.391 e. The first-order chi connectivity index (χ1) is 8.32. The molecule has 1 atom stereocenters. The van der Waals surface area contributed by atoms with Crippen molar-refractivity contribution in [3.8, 4) is 0 Å². The molecule has 0 aromatic heterocycles. The van der Waals surface area contributed by atoms with E-state index in [4.69, 9.17) is 0 Å². The number of carbonyl (C=O) groups excluding carboxylic acids is 1. The van der Waals surface area contributed by atoms with E-state index in [9.17, 15) is 14.3 Å². The fraction of sp³-hybridized carbons (Fsp3) is 0.500. The van der Waals surface area contributed by atoms with Crippen LogP contribution in [0.1, 0.15) is 35.3 Å². The van der Waals surface area contributed by atoms with Gasteiger partial charge in [0.15, 0.2) is 0 Å². The topological polar surface area (TPSA) is 49.3 Å². The smallest absolute Gasteiger partial charge is 0.251 e. The highest BCUT2D eigenvalue weighted by Crippen LogP contribution is 2.14. The van der Waals surface area contributed by atoms with Crippen LogP contribution in [0.4, 0.5) is 4.39 Å². The molecule has 0 heterocycles. The molecule has 0 spiro atoms. The van der Waals surface area contributed by atoms with Crippen LogP contribution in [-0.4, -0.2) is 23.7 Å². The van der Waals surface area contributed by atoms with E-state index in [1.54, 1.807) is 13.8 Å². The number of carbonyl (C=O) groups is 1. The lowest BCUT2D eigenvalue weighted by Crippen LogP contribution is -2.34. The Kier molecular flexibility index (Phi) is 4.84. The zero-order valence-electron chi connectivity index (χ0n) is 11.2. The van der Waals surface area contributed by atoms with Crippen LogP contribution in [0.25, 0.3) is 0 Å². The van der Waals surface area contributed by atoms with Crippen molar-refractivity contribution < 1.29 is 14.3 Å². The number of aliphatic hydroxyl groups is 1. The molecule has 0 aliphatic heterocycles. The van der Waals surface area contributed by atoms with Crippen molar-refractivity contribution in [3.63, 3.8) is 0 Å².